The van der Waals surface area contributed by atoms with E-state index >= 15 is 0 Å². The number of aromatic nitrogens is 2. The zero-order chi connectivity index (χ0) is 20.5. The Balaban J connectivity index is 1.45. The van der Waals surface area contributed by atoms with Gasteiger partial charge in [-0.15, -0.1) is 0 Å². The van der Waals surface area contributed by atoms with E-state index in [1.54, 1.807) is 0 Å². The smallest absolute Gasteiger partial charge is 0.257 e. The summed E-state index contributed by atoms with van der Waals surface area (Å²) in [5.74, 6) is 1.22. The molecule has 0 spiro atoms. The number of hydrogen-bond acceptors (Lipinski definition) is 6. The van der Waals surface area contributed by atoms with Gasteiger partial charge in [0, 0.05) is 18.5 Å². The molecule has 3 rings (SSSR count). The molecule has 1 aromatic heterocycles. The quantitative estimate of drug-likeness (QED) is 0.530. The molecule has 1 saturated heterocycles. The van der Waals surface area contributed by atoms with E-state index in [4.69, 9.17) is 4.52 Å². The minimum absolute atomic E-state index is 0.0756. The summed E-state index contributed by atoms with van der Waals surface area (Å²) in [7, 11) is 0. The first kappa shape index (κ1) is 21.5. The van der Waals surface area contributed by atoms with Crippen molar-refractivity contribution in [1.82, 2.24) is 20.8 Å². The molecule has 158 valence electrons. The molecule has 0 unspecified atom stereocenters. The largest absolute Gasteiger partial charge is 0.393 e. The van der Waals surface area contributed by atoms with Crippen molar-refractivity contribution >= 4 is 5.91 Å². The van der Waals surface area contributed by atoms with Gasteiger partial charge in [-0.25, -0.2) is 0 Å². The molecule has 1 aliphatic rings. The van der Waals surface area contributed by atoms with E-state index in [-0.39, 0.29) is 11.9 Å². The van der Waals surface area contributed by atoms with Gasteiger partial charge in [-0.05, 0) is 43.5 Å². The van der Waals surface area contributed by atoms with E-state index in [0.29, 0.717) is 31.8 Å². The number of carbonyl (C=O) groups excluding carboxylic acids is 1. The highest BCUT2D eigenvalue weighted by atomic mass is 16.5. The van der Waals surface area contributed by atoms with Crippen LogP contribution in [0, 0.1) is 0 Å². The Morgan fingerprint density at radius 3 is 2.79 bits per heavy atom. The van der Waals surface area contributed by atoms with Crippen molar-refractivity contribution in [3.63, 3.8) is 0 Å². The average Bonchev–Trinajstić information content (AvgIpc) is 3.21. The first-order chi connectivity index (χ1) is 14.2. The molecule has 2 atom stereocenters. The number of carbonyl (C=O) groups is 1. The fraction of sp³-hybridized carbons (Fsp3) is 0.591. The Kier molecular flexibility index (Phi) is 8.19. The van der Waals surface area contributed by atoms with Crippen LogP contribution in [-0.2, 0) is 17.8 Å². The number of hydrogen-bond donors (Lipinski definition) is 3. The lowest BCUT2D eigenvalue weighted by Crippen LogP contribution is -2.49. The van der Waals surface area contributed by atoms with E-state index in [1.807, 2.05) is 24.3 Å². The lowest BCUT2D eigenvalue weighted by Gasteiger charge is -2.26. The summed E-state index contributed by atoms with van der Waals surface area (Å²) in [5.41, 5.74) is 1.87. The van der Waals surface area contributed by atoms with Gasteiger partial charge in [-0.3, -0.25) is 4.79 Å². The first-order valence-corrected chi connectivity index (χ1v) is 10.8. The summed E-state index contributed by atoms with van der Waals surface area (Å²) in [6.45, 7) is 3.32. The van der Waals surface area contributed by atoms with Gasteiger partial charge in [0.05, 0.1) is 12.1 Å². The molecule has 0 radical (unpaired) electrons. The van der Waals surface area contributed by atoms with Crippen molar-refractivity contribution in [2.45, 2.75) is 77.0 Å². The normalized spacial score (nSPS) is 19.2. The highest BCUT2D eigenvalue weighted by Crippen LogP contribution is 2.19. The minimum atomic E-state index is -0.401. The average molecular weight is 401 g/mol. The topological polar surface area (TPSA) is 100 Å². The number of benzene rings is 1. The number of nitrogens with one attached hydrogen (secondary N) is 2. The maximum Gasteiger partial charge on any atom is 0.257 e. The zero-order valence-electron chi connectivity index (χ0n) is 17.2. The van der Waals surface area contributed by atoms with Crippen molar-refractivity contribution in [2.75, 3.05) is 6.54 Å². The van der Waals surface area contributed by atoms with Crippen LogP contribution in [0.25, 0.3) is 11.5 Å². The van der Waals surface area contributed by atoms with Crippen molar-refractivity contribution in [1.29, 1.82) is 0 Å². The third-order valence-electron chi connectivity index (χ3n) is 5.33. The van der Waals surface area contributed by atoms with Crippen LogP contribution in [0.1, 0.15) is 63.3 Å². The molecule has 0 aliphatic carbocycles. The molecule has 7 heteroatoms. The number of aliphatic hydroxyl groups is 1. The number of piperidine rings is 1. The minimum Gasteiger partial charge on any atom is -0.393 e. The molecule has 1 aliphatic heterocycles. The van der Waals surface area contributed by atoms with E-state index < -0.39 is 6.10 Å². The molecule has 0 saturated carbocycles. The van der Waals surface area contributed by atoms with Gasteiger partial charge in [-0.2, -0.15) is 4.98 Å². The Labute approximate surface area is 172 Å². The number of unbranched alkanes of at least 4 members (excludes halogenated alkanes) is 4. The molecule has 1 aromatic carbocycles. The van der Waals surface area contributed by atoms with Crippen LogP contribution in [0.2, 0.25) is 0 Å². The van der Waals surface area contributed by atoms with Gasteiger partial charge < -0.3 is 20.3 Å². The van der Waals surface area contributed by atoms with Crippen LogP contribution in [0.15, 0.2) is 28.8 Å². The van der Waals surface area contributed by atoms with Crippen molar-refractivity contribution < 1.29 is 14.4 Å². The summed E-state index contributed by atoms with van der Waals surface area (Å²) in [6.07, 6.45) is 7.68. The second kappa shape index (κ2) is 11.1. The lowest BCUT2D eigenvalue weighted by atomic mass is 10.0. The maximum atomic E-state index is 12.2. The van der Waals surface area contributed by atoms with Gasteiger partial charge >= 0.3 is 0 Å². The molecule has 1 fully saturated rings. The van der Waals surface area contributed by atoms with Crippen molar-refractivity contribution in [2.24, 2.45) is 0 Å². The Hall–Kier alpha value is -2.25. The summed E-state index contributed by atoms with van der Waals surface area (Å²) < 4.78 is 5.39. The predicted octanol–water partition coefficient (Wildman–Crippen LogP) is 2.98. The highest BCUT2D eigenvalue weighted by molar-refractivity contribution is 5.81. The highest BCUT2D eigenvalue weighted by Gasteiger charge is 2.25. The van der Waals surface area contributed by atoms with Crippen LogP contribution in [0.4, 0.5) is 0 Å². The van der Waals surface area contributed by atoms with Gasteiger partial charge in [0.2, 0.25) is 5.91 Å². The third-order valence-corrected chi connectivity index (χ3v) is 5.33. The molecule has 2 heterocycles. The lowest BCUT2D eigenvalue weighted by molar-refractivity contribution is -0.124. The zero-order valence-corrected chi connectivity index (χ0v) is 17.2. The summed E-state index contributed by atoms with van der Waals surface area (Å²) in [6, 6.07) is 7.45. The maximum absolute atomic E-state index is 12.2. The monoisotopic (exact) mass is 400 g/mol. The van der Waals surface area contributed by atoms with E-state index in [0.717, 1.165) is 29.8 Å². The summed E-state index contributed by atoms with van der Waals surface area (Å²) in [4.78, 5) is 16.7. The number of nitrogens with zero attached hydrogens (tertiary/aromatic N) is 2. The van der Waals surface area contributed by atoms with Gasteiger partial charge in [0.1, 0.15) is 0 Å². The summed E-state index contributed by atoms with van der Waals surface area (Å²) >= 11 is 0. The van der Waals surface area contributed by atoms with E-state index in [1.165, 1.54) is 25.7 Å². The van der Waals surface area contributed by atoms with Gasteiger partial charge in [-0.1, -0.05) is 49.9 Å². The standard InChI is InChI=1S/C22H32N4O3/c1-2-3-4-5-6-7-20-25-22(29-26-20)17-10-8-16(9-11-17)15-24-21(28)19-14-18(27)12-13-23-19/h8-11,18-19,23,27H,2-7,12-15H2,1H3,(H,24,28)/t18-,19-/m0/s1. The van der Waals surface area contributed by atoms with Crippen LogP contribution in [0.3, 0.4) is 0 Å². The number of rotatable bonds is 10. The third kappa shape index (κ3) is 6.65. The van der Waals surface area contributed by atoms with Crippen molar-refractivity contribution in [3.05, 3.63) is 35.7 Å². The molecular weight excluding hydrogens is 368 g/mol. The molecule has 0 bridgehead atoms. The van der Waals surface area contributed by atoms with Crippen LogP contribution in [0.5, 0.6) is 0 Å². The molecule has 2 aromatic rings. The number of amides is 1. The Morgan fingerprint density at radius 2 is 2.03 bits per heavy atom. The molecule has 3 N–H and O–H groups in total. The Bertz CT molecular complexity index is 760. The SMILES string of the molecule is CCCCCCCc1noc(-c2ccc(CNC(=O)[C@@H]3C[C@@H](O)CCN3)cc2)n1. The number of aliphatic hydroxyl groups excluding tert-OH is 1. The number of aryl methyl sites for hydroxylation is 1. The molecule has 7 nitrogen and oxygen atoms in total. The van der Waals surface area contributed by atoms with Crippen molar-refractivity contribution in [3.8, 4) is 11.5 Å². The van der Waals surface area contributed by atoms with Gasteiger partial charge in [0.15, 0.2) is 5.82 Å². The summed E-state index contributed by atoms with van der Waals surface area (Å²) in [5, 5.41) is 19.8. The molecular formula is C22H32N4O3. The fourth-order valence-corrected chi connectivity index (χ4v) is 3.53. The van der Waals surface area contributed by atoms with E-state index in [2.05, 4.69) is 27.7 Å². The van der Waals surface area contributed by atoms with E-state index in [9.17, 15) is 9.90 Å². The second-order valence-electron chi connectivity index (χ2n) is 7.78. The molecule has 1 amide bonds. The van der Waals surface area contributed by atoms with Gasteiger partial charge in [0.25, 0.3) is 5.89 Å². The second-order valence-corrected chi connectivity index (χ2v) is 7.78. The van der Waals surface area contributed by atoms with Crippen LogP contribution in [-0.4, -0.2) is 39.8 Å². The Morgan fingerprint density at radius 1 is 1.24 bits per heavy atom. The predicted molar refractivity (Wildman–Crippen MR) is 111 cm³/mol. The van der Waals surface area contributed by atoms with Crippen LogP contribution < -0.4 is 10.6 Å². The molecule has 29 heavy (non-hydrogen) atoms. The van der Waals surface area contributed by atoms with Crippen LogP contribution >= 0.6 is 0 Å². The fourth-order valence-electron chi connectivity index (χ4n) is 3.53. The first-order valence-electron chi connectivity index (χ1n) is 10.8.